The molecule has 0 aliphatic carbocycles. The van der Waals surface area contributed by atoms with Gasteiger partial charge >= 0.3 is 0 Å². The van der Waals surface area contributed by atoms with E-state index in [1.54, 1.807) is 37.6 Å². The highest BCUT2D eigenvalue weighted by molar-refractivity contribution is 7.13. The number of aryl methyl sites for hydroxylation is 1. The third-order valence-corrected chi connectivity index (χ3v) is 13.9. The van der Waals surface area contributed by atoms with Crippen LogP contribution in [0.1, 0.15) is 95.0 Å². The quantitative estimate of drug-likeness (QED) is 0.0534. The summed E-state index contributed by atoms with van der Waals surface area (Å²) in [7, 11) is 0. The summed E-state index contributed by atoms with van der Waals surface area (Å²) in [5.41, 5.74) is 4.60. The third kappa shape index (κ3) is 13.2. The number of halogens is 3. The first-order chi connectivity index (χ1) is 33.7. The molecule has 5 aromatic rings. The van der Waals surface area contributed by atoms with Gasteiger partial charge in [0.2, 0.25) is 17.7 Å². The van der Waals surface area contributed by atoms with Crippen LogP contribution in [0.2, 0.25) is 0 Å². The molecule has 3 aromatic carbocycles. The summed E-state index contributed by atoms with van der Waals surface area (Å²) in [6.45, 7) is 14.4. The summed E-state index contributed by atoms with van der Waals surface area (Å²) in [6, 6.07) is 14.5. The van der Waals surface area contributed by atoms with Crippen LogP contribution >= 0.6 is 11.3 Å². The Balaban J connectivity index is 0.815. The van der Waals surface area contributed by atoms with Crippen LogP contribution in [0.25, 0.3) is 21.3 Å². The van der Waals surface area contributed by atoms with Crippen LogP contribution in [0, 0.1) is 24.0 Å². The molecule has 3 amide bonds. The van der Waals surface area contributed by atoms with E-state index in [1.165, 1.54) is 18.7 Å². The maximum atomic E-state index is 16.0. The van der Waals surface area contributed by atoms with Crippen LogP contribution in [0.3, 0.4) is 0 Å². The second kappa shape index (κ2) is 23.0. The van der Waals surface area contributed by atoms with Gasteiger partial charge < -0.3 is 44.6 Å². The normalized spacial score (nSPS) is 19.4. The molecule has 0 radical (unpaired) electrons. The second-order valence-electron chi connectivity index (χ2n) is 20.2. The van der Waals surface area contributed by atoms with E-state index in [9.17, 15) is 19.5 Å². The number of H-pyrrole nitrogens is 1. The van der Waals surface area contributed by atoms with E-state index in [0.29, 0.717) is 12.1 Å². The molecule has 0 bridgehead atoms. The van der Waals surface area contributed by atoms with Crippen LogP contribution < -0.4 is 15.4 Å². The first-order valence-corrected chi connectivity index (χ1v) is 25.1. The van der Waals surface area contributed by atoms with Gasteiger partial charge in [0.05, 0.1) is 67.3 Å². The Kier molecular flexibility index (Phi) is 17.3. The molecule has 4 heterocycles. The number of para-hydroxylation sites is 1. The van der Waals surface area contributed by atoms with E-state index >= 15 is 13.2 Å². The number of β-amino-alcohol motifs (C(OH)–C–C–N with tert-alkyl or cyclic N) is 1. The molecule has 18 heteroatoms. The Morgan fingerprint density at radius 3 is 2.21 bits per heavy atom. The zero-order valence-electron chi connectivity index (χ0n) is 41.8. The predicted octanol–water partition coefficient (Wildman–Crippen LogP) is 7.76. The average Bonchev–Trinajstić information content (AvgIpc) is 4.03. The molecule has 6 unspecified atom stereocenters. The highest BCUT2D eigenvalue weighted by Crippen LogP contribution is 2.44. The summed E-state index contributed by atoms with van der Waals surface area (Å²) >= 11 is 1.56. The number of alkyl halides is 1. The van der Waals surface area contributed by atoms with E-state index in [2.05, 4.69) is 20.6 Å². The van der Waals surface area contributed by atoms with Gasteiger partial charge in [-0.05, 0) is 69.2 Å². The van der Waals surface area contributed by atoms with Crippen molar-refractivity contribution in [2.75, 3.05) is 59.3 Å². The number of hydrogen-bond acceptors (Lipinski definition) is 11. The van der Waals surface area contributed by atoms with Gasteiger partial charge in [0.15, 0.2) is 0 Å². The standard InChI is InChI=1S/C53H67F3N6O8S/c1-31-23-39-38-11-9-10-12-42(38)59-46(39)47(62(31)29-53(7,8)56)45-40(54)25-37(26-41(45)55)70-22-21-68-18-17-67-19-20-69-28-44(64)60-49(52(4,5)6)51(66)61-27-36(63)24-43(61)50(65)58-32(2)34-13-15-35(16-14-34)48-33(3)57-30-71-48/h9-16,25-26,30-32,36,43,47,49,59,63H,17-24,27-29H2,1-8H3,(H,58,65)(H,60,64). The summed E-state index contributed by atoms with van der Waals surface area (Å²) < 4.78 is 69.5. The van der Waals surface area contributed by atoms with E-state index in [0.717, 1.165) is 50.3 Å². The highest BCUT2D eigenvalue weighted by atomic mass is 32.1. The minimum atomic E-state index is -1.61. The number of likely N-dealkylation sites (tertiary alicyclic amines) is 1. The number of nitrogens with zero attached hydrogens (tertiary/aromatic N) is 3. The van der Waals surface area contributed by atoms with Crippen molar-refractivity contribution in [3.05, 3.63) is 106 Å². The largest absolute Gasteiger partial charge is 0.491 e. The Morgan fingerprint density at radius 1 is 0.930 bits per heavy atom. The summed E-state index contributed by atoms with van der Waals surface area (Å²) in [4.78, 5) is 52.7. The van der Waals surface area contributed by atoms with Gasteiger partial charge in [-0.15, -0.1) is 11.3 Å². The van der Waals surface area contributed by atoms with Crippen LogP contribution in [-0.4, -0.2) is 132 Å². The van der Waals surface area contributed by atoms with Crippen molar-refractivity contribution in [3.63, 3.8) is 0 Å². The van der Waals surface area contributed by atoms with Crippen molar-refractivity contribution >= 4 is 40.0 Å². The number of hydrogen-bond donors (Lipinski definition) is 4. The fourth-order valence-corrected chi connectivity index (χ4v) is 10.3. The minimum Gasteiger partial charge on any atom is -0.491 e. The van der Waals surface area contributed by atoms with E-state index < -0.39 is 64.7 Å². The number of aromatic nitrogens is 2. The molecule has 1 saturated heterocycles. The van der Waals surface area contributed by atoms with E-state index in [1.807, 2.05) is 74.2 Å². The Labute approximate surface area is 417 Å². The van der Waals surface area contributed by atoms with Crippen molar-refractivity contribution < 1.29 is 51.6 Å². The predicted molar refractivity (Wildman–Crippen MR) is 266 cm³/mol. The number of fused-ring (bicyclic) bond motifs is 3. The van der Waals surface area contributed by atoms with E-state index in [-0.39, 0.29) is 89.2 Å². The molecule has 6 atom stereocenters. The molecule has 71 heavy (non-hydrogen) atoms. The number of amides is 3. The molecular weight excluding hydrogens is 938 g/mol. The topological polar surface area (TPSA) is 168 Å². The number of benzene rings is 3. The third-order valence-electron chi connectivity index (χ3n) is 12.9. The van der Waals surface area contributed by atoms with Crippen molar-refractivity contribution in [1.29, 1.82) is 0 Å². The lowest BCUT2D eigenvalue weighted by Crippen LogP contribution is -2.58. The van der Waals surface area contributed by atoms with Gasteiger partial charge in [0.1, 0.15) is 48.4 Å². The SMILES string of the molecule is Cc1ncsc1-c1ccc(C(C)NC(=O)C2CC(O)CN2C(=O)C(NC(=O)COCCOCCOCCOc2cc(F)c(C3c4[nH]c5ccccc5c4CC(C)N3CC(C)(C)F)c(F)c2)C(C)(C)C)cc1. The summed E-state index contributed by atoms with van der Waals surface area (Å²) in [6.07, 6.45) is -0.243. The molecule has 4 N–H and O–H groups in total. The Morgan fingerprint density at radius 2 is 1.58 bits per heavy atom. The molecule has 2 aliphatic rings. The fraction of sp³-hybridized carbons (Fsp3) is 0.509. The number of aliphatic hydroxyl groups excluding tert-OH is 1. The second-order valence-corrected chi connectivity index (χ2v) is 21.1. The number of thiazole rings is 1. The number of aliphatic hydroxyl groups is 1. The molecule has 0 saturated carbocycles. The molecule has 14 nitrogen and oxygen atoms in total. The highest BCUT2D eigenvalue weighted by Gasteiger charge is 2.45. The van der Waals surface area contributed by atoms with Gasteiger partial charge in [-0.2, -0.15) is 0 Å². The smallest absolute Gasteiger partial charge is 0.246 e. The maximum absolute atomic E-state index is 16.0. The average molecular weight is 1010 g/mol. The number of nitrogens with one attached hydrogen (secondary N) is 3. The number of ether oxygens (including phenoxy) is 4. The number of carbonyl (C=O) groups is 3. The van der Waals surface area contributed by atoms with Crippen LogP contribution in [0.4, 0.5) is 13.2 Å². The zero-order chi connectivity index (χ0) is 51.2. The lowest BCUT2D eigenvalue weighted by Gasteiger charge is -2.43. The van der Waals surface area contributed by atoms with Crippen LogP contribution in [0.15, 0.2) is 66.2 Å². The number of aromatic amines is 1. The van der Waals surface area contributed by atoms with Gasteiger partial charge in [-0.1, -0.05) is 63.2 Å². The molecule has 0 spiro atoms. The molecule has 1 fully saturated rings. The van der Waals surface area contributed by atoms with Gasteiger partial charge in [-0.25, -0.2) is 18.2 Å². The van der Waals surface area contributed by atoms with Gasteiger partial charge in [0, 0.05) is 59.8 Å². The number of rotatable bonds is 21. The summed E-state index contributed by atoms with van der Waals surface area (Å²) in [5, 5.41) is 17.4. The lowest BCUT2D eigenvalue weighted by atomic mass is 9.85. The van der Waals surface area contributed by atoms with Gasteiger partial charge in [0.25, 0.3) is 0 Å². The molecule has 384 valence electrons. The summed E-state index contributed by atoms with van der Waals surface area (Å²) in [5.74, 6) is -3.01. The maximum Gasteiger partial charge on any atom is 0.246 e. The van der Waals surface area contributed by atoms with Crippen molar-refractivity contribution in [2.24, 2.45) is 5.41 Å². The number of carbonyl (C=O) groups excluding carboxylic acids is 3. The van der Waals surface area contributed by atoms with Crippen LogP contribution in [0.5, 0.6) is 5.75 Å². The first-order valence-electron chi connectivity index (χ1n) is 24.2. The Hall–Kier alpha value is -5.37. The van der Waals surface area contributed by atoms with E-state index in [4.69, 9.17) is 18.9 Å². The molecular formula is C53H67F3N6O8S. The monoisotopic (exact) mass is 1000 g/mol. The van der Waals surface area contributed by atoms with Crippen molar-refractivity contribution in [1.82, 2.24) is 30.4 Å². The van der Waals surface area contributed by atoms with Crippen molar-refractivity contribution in [2.45, 2.75) is 110 Å². The zero-order valence-corrected chi connectivity index (χ0v) is 42.6. The Bertz CT molecular complexity index is 2610. The molecule has 2 aliphatic heterocycles. The van der Waals surface area contributed by atoms with Crippen molar-refractivity contribution in [3.8, 4) is 16.2 Å². The molecule has 7 rings (SSSR count). The fourth-order valence-electron chi connectivity index (χ4n) is 9.45. The minimum absolute atomic E-state index is 0.00530. The molecule has 2 aromatic heterocycles. The van der Waals surface area contributed by atoms with Crippen LogP contribution in [-0.2, 0) is 35.0 Å². The first kappa shape index (κ1) is 53.4. The lowest BCUT2D eigenvalue weighted by molar-refractivity contribution is -0.144. The van der Waals surface area contributed by atoms with Gasteiger partial charge in [-0.3, -0.25) is 19.3 Å².